The molecule has 1 aromatic heterocycles. The number of nitrogens with zero attached hydrogens (tertiary/aromatic N) is 2. The molecule has 0 radical (unpaired) electrons. The first-order chi connectivity index (χ1) is 13.0. The lowest BCUT2D eigenvalue weighted by Crippen LogP contribution is -2.26. The van der Waals surface area contributed by atoms with Gasteiger partial charge in [0, 0.05) is 17.5 Å². The minimum atomic E-state index is -0.698. The third-order valence-electron chi connectivity index (χ3n) is 3.75. The predicted octanol–water partition coefficient (Wildman–Crippen LogP) is 1.52. The molecule has 138 valence electrons. The van der Waals surface area contributed by atoms with E-state index in [9.17, 15) is 14.4 Å². The number of methoxy groups -OCH3 is 2. The average Bonchev–Trinajstić information content (AvgIpc) is 3.01. The topological polar surface area (TPSA) is 115 Å². The average molecular weight is 369 g/mol. The van der Waals surface area contributed by atoms with Gasteiger partial charge in [-0.2, -0.15) is 0 Å². The summed E-state index contributed by atoms with van der Waals surface area (Å²) in [6, 6.07) is 6.75. The molecule has 0 bridgehead atoms. The lowest BCUT2D eigenvalue weighted by atomic mass is 10.1. The molecule has 0 unspecified atom stereocenters. The van der Waals surface area contributed by atoms with Gasteiger partial charge in [0.15, 0.2) is 5.82 Å². The maximum Gasteiger partial charge on any atom is 0.439 e. The third kappa shape index (κ3) is 3.56. The van der Waals surface area contributed by atoms with Gasteiger partial charge in [-0.05, 0) is 36.4 Å². The summed E-state index contributed by atoms with van der Waals surface area (Å²) in [5, 5.41) is 3.62. The van der Waals surface area contributed by atoms with E-state index in [1.807, 2.05) is 0 Å². The Kier molecular flexibility index (Phi) is 5.02. The van der Waals surface area contributed by atoms with Crippen LogP contribution < -0.4 is 10.7 Å². The number of benzene rings is 1. The molecule has 1 N–H and O–H groups in total. The largest absolute Gasteiger partial charge is 0.465 e. The zero-order chi connectivity index (χ0) is 19.4. The van der Waals surface area contributed by atoms with Crippen LogP contribution in [0, 0.1) is 0 Å². The molecule has 2 heterocycles. The first-order valence-corrected chi connectivity index (χ1v) is 7.76. The Balaban J connectivity index is 2.06. The molecule has 0 aliphatic carbocycles. The molecule has 27 heavy (non-hydrogen) atoms. The summed E-state index contributed by atoms with van der Waals surface area (Å²) < 4.78 is 14.1. The summed E-state index contributed by atoms with van der Waals surface area (Å²) in [7, 11) is 2.46. The first-order valence-electron chi connectivity index (χ1n) is 7.76. The number of allylic oxidation sites excluding steroid dienone is 2. The molecule has 0 spiro atoms. The second-order valence-corrected chi connectivity index (χ2v) is 5.31. The minimum absolute atomic E-state index is 0.0111. The number of H-pyrrole nitrogens is 1. The molecule has 0 amide bonds. The highest BCUT2D eigenvalue weighted by atomic mass is 16.5. The highest BCUT2D eigenvalue weighted by molar-refractivity contribution is 6.05. The summed E-state index contributed by atoms with van der Waals surface area (Å²) in [5.41, 5.74) is 1.25. The molecule has 9 heteroatoms. The molecule has 1 aromatic carbocycles. The second-order valence-electron chi connectivity index (χ2n) is 5.31. The fourth-order valence-corrected chi connectivity index (χ4v) is 2.50. The Hall–Kier alpha value is -3.88. The molecule has 0 fully saturated rings. The van der Waals surface area contributed by atoms with Gasteiger partial charge in [-0.3, -0.25) is 9.51 Å². The number of aromatic nitrogens is 2. The number of hydrogen-bond acceptors (Lipinski definition) is 8. The Morgan fingerprint density at radius 3 is 2.37 bits per heavy atom. The Morgan fingerprint density at radius 1 is 1.07 bits per heavy atom. The SMILES string of the molecule is COC(=O)C1=C(C(=O)OC)N(c2ccc(-c3noc(=O)[nH]3)cc2)C=CC=C1. The number of esters is 2. The van der Waals surface area contributed by atoms with Gasteiger partial charge in [0.25, 0.3) is 0 Å². The van der Waals surface area contributed by atoms with Crippen molar-refractivity contribution in [3.8, 4) is 11.4 Å². The molecule has 2 aromatic rings. The number of carbonyl (C=O) groups excluding carboxylic acids is 2. The third-order valence-corrected chi connectivity index (χ3v) is 3.75. The van der Waals surface area contributed by atoms with E-state index in [4.69, 9.17) is 9.47 Å². The van der Waals surface area contributed by atoms with Crippen LogP contribution in [0.2, 0.25) is 0 Å². The van der Waals surface area contributed by atoms with E-state index in [0.29, 0.717) is 11.3 Å². The van der Waals surface area contributed by atoms with Gasteiger partial charge in [0.05, 0.1) is 19.8 Å². The monoisotopic (exact) mass is 369 g/mol. The molecule has 0 saturated carbocycles. The van der Waals surface area contributed by atoms with Gasteiger partial charge in [0.2, 0.25) is 0 Å². The predicted molar refractivity (Wildman–Crippen MR) is 94.4 cm³/mol. The van der Waals surface area contributed by atoms with Gasteiger partial charge in [-0.25, -0.2) is 14.4 Å². The fraction of sp³-hybridized carbons (Fsp3) is 0.111. The van der Waals surface area contributed by atoms with E-state index < -0.39 is 17.7 Å². The van der Waals surface area contributed by atoms with Crippen molar-refractivity contribution in [1.82, 2.24) is 10.1 Å². The van der Waals surface area contributed by atoms with Crippen LogP contribution in [0.15, 0.2) is 69.3 Å². The van der Waals surface area contributed by atoms with Crippen molar-refractivity contribution >= 4 is 17.6 Å². The van der Waals surface area contributed by atoms with Crippen LogP contribution >= 0.6 is 0 Å². The molecule has 0 atom stereocenters. The summed E-state index contributed by atoms with van der Waals surface area (Å²) in [6.45, 7) is 0. The number of ether oxygens (including phenoxy) is 2. The highest BCUT2D eigenvalue weighted by Crippen LogP contribution is 2.27. The molecular weight excluding hydrogens is 354 g/mol. The maximum atomic E-state index is 12.4. The zero-order valence-electron chi connectivity index (χ0n) is 14.5. The molecule has 1 aliphatic heterocycles. The quantitative estimate of drug-likeness (QED) is 0.807. The van der Waals surface area contributed by atoms with Crippen molar-refractivity contribution in [2.24, 2.45) is 0 Å². The van der Waals surface area contributed by atoms with Crippen molar-refractivity contribution in [3.63, 3.8) is 0 Å². The summed E-state index contributed by atoms with van der Waals surface area (Å²) in [4.78, 5) is 39.5. The smallest absolute Gasteiger partial charge is 0.439 e. The summed E-state index contributed by atoms with van der Waals surface area (Å²) in [6.07, 6.45) is 6.38. The van der Waals surface area contributed by atoms with Crippen LogP contribution in [0.3, 0.4) is 0 Å². The van der Waals surface area contributed by atoms with Crippen LogP contribution in [-0.4, -0.2) is 36.3 Å². The van der Waals surface area contributed by atoms with Crippen molar-refractivity contribution < 1.29 is 23.6 Å². The summed E-state index contributed by atoms with van der Waals surface area (Å²) in [5.74, 6) is -1.75. The van der Waals surface area contributed by atoms with E-state index in [1.165, 1.54) is 25.2 Å². The van der Waals surface area contributed by atoms with Gasteiger partial charge >= 0.3 is 17.7 Å². The number of aromatic amines is 1. The van der Waals surface area contributed by atoms with E-state index in [-0.39, 0.29) is 17.1 Å². The van der Waals surface area contributed by atoms with Crippen LogP contribution in [-0.2, 0) is 19.1 Å². The number of carbonyl (C=O) groups is 2. The fourth-order valence-electron chi connectivity index (χ4n) is 2.50. The van der Waals surface area contributed by atoms with E-state index in [1.54, 1.807) is 42.6 Å². The van der Waals surface area contributed by atoms with E-state index in [2.05, 4.69) is 14.7 Å². The highest BCUT2D eigenvalue weighted by Gasteiger charge is 2.27. The number of anilines is 1. The molecule has 0 saturated heterocycles. The number of nitrogens with one attached hydrogen (secondary N) is 1. The van der Waals surface area contributed by atoms with E-state index >= 15 is 0 Å². The molecule has 1 aliphatic rings. The van der Waals surface area contributed by atoms with Crippen LogP contribution in [0.5, 0.6) is 0 Å². The van der Waals surface area contributed by atoms with Crippen molar-refractivity contribution in [2.45, 2.75) is 0 Å². The van der Waals surface area contributed by atoms with Gasteiger partial charge in [-0.1, -0.05) is 11.2 Å². The Bertz CT molecular complexity index is 1010. The minimum Gasteiger partial charge on any atom is -0.465 e. The maximum absolute atomic E-state index is 12.4. The van der Waals surface area contributed by atoms with Crippen molar-refractivity contribution in [3.05, 3.63) is 70.5 Å². The zero-order valence-corrected chi connectivity index (χ0v) is 14.5. The van der Waals surface area contributed by atoms with E-state index in [0.717, 1.165) is 0 Å². The van der Waals surface area contributed by atoms with Crippen LogP contribution in [0.25, 0.3) is 11.4 Å². The van der Waals surface area contributed by atoms with Crippen LogP contribution in [0.4, 0.5) is 5.69 Å². The van der Waals surface area contributed by atoms with Gasteiger partial charge in [-0.15, -0.1) is 0 Å². The molecular formula is C18H15N3O6. The molecule has 9 nitrogen and oxygen atoms in total. The number of rotatable bonds is 4. The van der Waals surface area contributed by atoms with Gasteiger partial charge in [0.1, 0.15) is 5.70 Å². The first kappa shape index (κ1) is 17.9. The van der Waals surface area contributed by atoms with Crippen molar-refractivity contribution in [2.75, 3.05) is 19.1 Å². The lowest BCUT2D eigenvalue weighted by molar-refractivity contribution is -0.139. The van der Waals surface area contributed by atoms with Gasteiger partial charge < -0.3 is 14.4 Å². The van der Waals surface area contributed by atoms with Crippen molar-refractivity contribution in [1.29, 1.82) is 0 Å². The van der Waals surface area contributed by atoms with Crippen LogP contribution in [0.1, 0.15) is 0 Å². The normalized spacial score (nSPS) is 13.5. The standard InChI is InChI=1S/C18H15N3O6/c1-25-16(22)13-5-3-4-10-21(14(13)17(23)26-2)12-8-6-11(7-9-12)15-19-18(24)27-20-15/h3-10H,1-2H3,(H,19,20,24). The Labute approximate surface area is 153 Å². The Morgan fingerprint density at radius 2 is 1.78 bits per heavy atom. The lowest BCUT2D eigenvalue weighted by Gasteiger charge is -2.23. The molecule has 3 rings (SSSR count). The summed E-state index contributed by atoms with van der Waals surface area (Å²) >= 11 is 0. The second kappa shape index (κ2) is 7.56. The number of hydrogen-bond donors (Lipinski definition) is 1.